The molecule has 10 nitrogen and oxygen atoms in total. The van der Waals surface area contributed by atoms with Crippen molar-refractivity contribution in [1.29, 1.82) is 0 Å². The molecule has 1 aromatic carbocycles. The number of hydrogen-bond acceptors (Lipinski definition) is 8. The van der Waals surface area contributed by atoms with Crippen molar-refractivity contribution < 1.29 is 34.5 Å². The highest BCUT2D eigenvalue weighted by Crippen LogP contribution is 2.28. The van der Waals surface area contributed by atoms with E-state index < -0.39 is 43.2 Å². The molecule has 146 valence electrons. The van der Waals surface area contributed by atoms with Crippen molar-refractivity contribution in [3.63, 3.8) is 0 Å². The number of aliphatic hydroxyl groups excluding tert-OH is 3. The second kappa shape index (κ2) is 7.61. The fourth-order valence-electron chi connectivity index (χ4n) is 3.10. The molecule has 1 saturated heterocycles. The first-order chi connectivity index (χ1) is 12.8. The van der Waals surface area contributed by atoms with E-state index in [0.29, 0.717) is 11.3 Å². The minimum atomic E-state index is -1.46. The van der Waals surface area contributed by atoms with Crippen molar-refractivity contribution in [2.24, 2.45) is 5.16 Å². The quantitative estimate of drug-likeness (QED) is 0.458. The van der Waals surface area contributed by atoms with Gasteiger partial charge in [-0.2, -0.15) is 0 Å². The van der Waals surface area contributed by atoms with Gasteiger partial charge in [-0.1, -0.05) is 23.4 Å². The van der Waals surface area contributed by atoms with Crippen LogP contribution < -0.4 is 10.2 Å². The Labute approximate surface area is 155 Å². The number of oxime groups is 1. The number of ether oxygens (including phenoxy) is 1. The van der Waals surface area contributed by atoms with Crippen molar-refractivity contribution in [1.82, 2.24) is 5.32 Å². The van der Waals surface area contributed by atoms with Crippen molar-refractivity contribution in [3.05, 3.63) is 29.8 Å². The standard InChI is InChI=1S/C17H21N3O7/c1-8(22)18-13-15(24)14(23)11(7-21)26-17(13)27-19-12-9-5-3-4-6-10(9)20(2)16(12)25/h3-6,11,13-15,17,21,23-24H,7H2,1-2H3,(H,18,22)/b19-12-/t11-,13+,14-,15+,17+/m1/s1. The lowest BCUT2D eigenvalue weighted by atomic mass is 9.97. The predicted molar refractivity (Wildman–Crippen MR) is 92.8 cm³/mol. The highest BCUT2D eigenvalue weighted by molar-refractivity contribution is 6.54. The Morgan fingerprint density at radius 3 is 2.70 bits per heavy atom. The summed E-state index contributed by atoms with van der Waals surface area (Å²) in [5.74, 6) is -0.872. The van der Waals surface area contributed by atoms with Crippen LogP contribution in [0.5, 0.6) is 0 Å². The number of aliphatic hydroxyl groups is 3. The summed E-state index contributed by atoms with van der Waals surface area (Å²) in [5.41, 5.74) is 1.27. The van der Waals surface area contributed by atoms with Gasteiger partial charge in [0.1, 0.15) is 24.4 Å². The molecule has 0 aliphatic carbocycles. The molecule has 0 bridgehead atoms. The van der Waals surface area contributed by atoms with Crippen LogP contribution in [0.2, 0.25) is 0 Å². The maximum atomic E-state index is 12.4. The van der Waals surface area contributed by atoms with Crippen molar-refractivity contribution in [2.75, 3.05) is 18.6 Å². The normalized spacial score (nSPS) is 31.7. The Bertz CT molecular complexity index is 769. The molecule has 27 heavy (non-hydrogen) atoms. The van der Waals surface area contributed by atoms with Crippen molar-refractivity contribution >= 4 is 23.2 Å². The van der Waals surface area contributed by atoms with E-state index in [2.05, 4.69) is 10.5 Å². The number of hydrogen-bond donors (Lipinski definition) is 4. The number of likely N-dealkylation sites (N-methyl/N-ethyl adjacent to an activating group) is 1. The Morgan fingerprint density at radius 2 is 2.04 bits per heavy atom. The van der Waals surface area contributed by atoms with Gasteiger partial charge in [-0.25, -0.2) is 0 Å². The lowest BCUT2D eigenvalue weighted by Crippen LogP contribution is -2.64. The Kier molecular flexibility index (Phi) is 5.42. The van der Waals surface area contributed by atoms with E-state index in [1.165, 1.54) is 11.8 Å². The number of nitrogens with zero attached hydrogens (tertiary/aromatic N) is 2. The maximum absolute atomic E-state index is 12.4. The number of carbonyl (C=O) groups is 2. The van der Waals surface area contributed by atoms with Gasteiger partial charge >= 0.3 is 0 Å². The smallest absolute Gasteiger partial charge is 0.280 e. The van der Waals surface area contributed by atoms with Gasteiger partial charge in [0.2, 0.25) is 12.2 Å². The van der Waals surface area contributed by atoms with Gasteiger partial charge in [0.05, 0.1) is 12.3 Å². The van der Waals surface area contributed by atoms with Gasteiger partial charge in [-0.05, 0) is 6.07 Å². The minimum Gasteiger partial charge on any atom is -0.394 e. The second-order valence-corrected chi connectivity index (χ2v) is 6.36. The first-order valence-electron chi connectivity index (χ1n) is 8.36. The van der Waals surface area contributed by atoms with Crippen LogP contribution in [0.4, 0.5) is 5.69 Å². The number of carbonyl (C=O) groups excluding carboxylic acids is 2. The molecule has 0 spiro atoms. The summed E-state index contributed by atoms with van der Waals surface area (Å²) in [4.78, 5) is 30.6. The molecule has 1 aromatic rings. The number of nitrogens with one attached hydrogen (secondary N) is 1. The van der Waals surface area contributed by atoms with E-state index >= 15 is 0 Å². The average Bonchev–Trinajstić information content (AvgIpc) is 2.89. The molecule has 2 aliphatic heterocycles. The molecule has 0 aromatic heterocycles. The first kappa shape index (κ1) is 19.2. The molecule has 4 N–H and O–H groups in total. The molecular weight excluding hydrogens is 358 g/mol. The third-order valence-electron chi connectivity index (χ3n) is 4.53. The Morgan fingerprint density at radius 1 is 1.33 bits per heavy atom. The van der Waals surface area contributed by atoms with Gasteiger partial charge in [0.15, 0.2) is 5.71 Å². The van der Waals surface area contributed by atoms with Crippen LogP contribution >= 0.6 is 0 Å². The van der Waals surface area contributed by atoms with E-state index in [4.69, 9.17) is 9.57 Å². The summed E-state index contributed by atoms with van der Waals surface area (Å²) in [6.45, 7) is 0.651. The third kappa shape index (κ3) is 3.52. The number of rotatable bonds is 4. The lowest BCUT2D eigenvalue weighted by molar-refractivity contribution is -0.270. The van der Waals surface area contributed by atoms with E-state index in [-0.39, 0.29) is 11.6 Å². The molecule has 1 fully saturated rings. The number of anilines is 1. The summed E-state index contributed by atoms with van der Waals surface area (Å²) >= 11 is 0. The summed E-state index contributed by atoms with van der Waals surface area (Å²) in [6, 6.07) is 5.86. The molecule has 2 heterocycles. The summed E-state index contributed by atoms with van der Waals surface area (Å²) < 4.78 is 5.41. The highest BCUT2D eigenvalue weighted by atomic mass is 16.8. The van der Waals surface area contributed by atoms with Crippen LogP contribution in [0.15, 0.2) is 29.4 Å². The maximum Gasteiger partial charge on any atom is 0.280 e. The van der Waals surface area contributed by atoms with Gasteiger partial charge in [0.25, 0.3) is 5.91 Å². The topological polar surface area (TPSA) is 141 Å². The zero-order chi connectivity index (χ0) is 19.7. The van der Waals surface area contributed by atoms with E-state index in [0.717, 1.165) is 0 Å². The first-order valence-corrected chi connectivity index (χ1v) is 8.36. The van der Waals surface area contributed by atoms with Crippen LogP contribution in [0, 0.1) is 0 Å². The molecular formula is C17H21N3O7. The fourth-order valence-corrected chi connectivity index (χ4v) is 3.10. The molecule has 10 heteroatoms. The molecule has 3 rings (SSSR count). The van der Waals surface area contributed by atoms with E-state index in [9.17, 15) is 24.9 Å². The molecule has 0 unspecified atom stereocenters. The van der Waals surface area contributed by atoms with Crippen LogP contribution in [0.25, 0.3) is 0 Å². The Balaban J connectivity index is 1.87. The molecule has 5 atom stereocenters. The largest absolute Gasteiger partial charge is 0.394 e. The third-order valence-corrected chi connectivity index (χ3v) is 4.53. The number of benzene rings is 1. The minimum absolute atomic E-state index is 0.0411. The average molecular weight is 379 g/mol. The summed E-state index contributed by atoms with van der Waals surface area (Å²) in [7, 11) is 1.60. The zero-order valence-corrected chi connectivity index (χ0v) is 14.8. The highest BCUT2D eigenvalue weighted by Gasteiger charge is 2.46. The lowest BCUT2D eigenvalue weighted by Gasteiger charge is -2.40. The monoisotopic (exact) mass is 379 g/mol. The van der Waals surface area contributed by atoms with Crippen molar-refractivity contribution in [3.8, 4) is 0 Å². The zero-order valence-electron chi connectivity index (χ0n) is 14.8. The number of para-hydroxylation sites is 1. The van der Waals surface area contributed by atoms with Crippen molar-refractivity contribution in [2.45, 2.75) is 37.6 Å². The molecule has 2 amide bonds. The Hall–Kier alpha value is -2.53. The van der Waals surface area contributed by atoms with Gasteiger partial charge in [-0.15, -0.1) is 0 Å². The van der Waals surface area contributed by atoms with Crippen LogP contribution in [0.3, 0.4) is 0 Å². The SMILES string of the molecule is CC(=O)N[C@@H]1[C@H](O/N=C2\C(=O)N(C)c3ccccc32)O[C@H](CO)[C@@H](O)[C@H]1O. The summed E-state index contributed by atoms with van der Waals surface area (Å²) in [5, 5.41) is 35.9. The number of fused-ring (bicyclic) bond motifs is 1. The van der Waals surface area contributed by atoms with Gasteiger partial charge in [0, 0.05) is 19.5 Å². The molecule has 0 radical (unpaired) electrons. The molecule has 2 aliphatic rings. The second-order valence-electron chi connectivity index (χ2n) is 6.36. The van der Waals surface area contributed by atoms with Gasteiger partial charge in [-0.3, -0.25) is 9.59 Å². The molecule has 0 saturated carbocycles. The van der Waals surface area contributed by atoms with E-state index in [1.54, 1.807) is 31.3 Å². The van der Waals surface area contributed by atoms with Gasteiger partial charge < -0.3 is 35.1 Å². The fraction of sp³-hybridized carbons (Fsp3) is 0.471. The predicted octanol–water partition coefficient (Wildman–Crippen LogP) is -1.67. The summed E-state index contributed by atoms with van der Waals surface area (Å²) in [6.07, 6.45) is -5.34. The van der Waals surface area contributed by atoms with Crippen LogP contribution in [-0.4, -0.2) is 77.1 Å². The van der Waals surface area contributed by atoms with E-state index in [1.807, 2.05) is 0 Å². The number of amides is 2. The van der Waals surface area contributed by atoms with Crippen LogP contribution in [0.1, 0.15) is 12.5 Å². The van der Waals surface area contributed by atoms with Crippen LogP contribution in [-0.2, 0) is 19.2 Å².